The van der Waals surface area contributed by atoms with E-state index in [1.54, 1.807) is 12.1 Å². The van der Waals surface area contributed by atoms with E-state index in [0.717, 1.165) is 12.0 Å². The Morgan fingerprint density at radius 3 is 2.35 bits per heavy atom. The summed E-state index contributed by atoms with van der Waals surface area (Å²) >= 11 is 0. The average Bonchev–Trinajstić information content (AvgIpc) is 2.59. The topological polar surface area (TPSA) is 37.4 Å². The second kappa shape index (κ2) is 4.18. The molecule has 0 aliphatic carbocycles. The summed E-state index contributed by atoms with van der Waals surface area (Å²) in [6.45, 7) is 8.35. The number of hydrogen-bond donors (Lipinski definition) is 0. The lowest BCUT2D eigenvalue weighted by Gasteiger charge is -2.19. The van der Waals surface area contributed by atoms with Crippen molar-refractivity contribution < 1.29 is 8.42 Å². The van der Waals surface area contributed by atoms with Crippen molar-refractivity contribution in [1.29, 1.82) is 0 Å². The van der Waals surface area contributed by atoms with Crippen molar-refractivity contribution in [3.63, 3.8) is 0 Å². The molecule has 0 aromatic heterocycles. The summed E-state index contributed by atoms with van der Waals surface area (Å²) in [6.07, 6.45) is 0.755. The van der Waals surface area contributed by atoms with Gasteiger partial charge in [0.1, 0.15) is 0 Å². The van der Waals surface area contributed by atoms with E-state index < -0.39 is 10.0 Å². The van der Waals surface area contributed by atoms with Crippen molar-refractivity contribution in [2.75, 3.05) is 6.54 Å². The van der Waals surface area contributed by atoms with Gasteiger partial charge in [0, 0.05) is 12.2 Å². The first kappa shape index (κ1) is 12.2. The summed E-state index contributed by atoms with van der Waals surface area (Å²) in [7, 11) is -3.40. The monoisotopic (exact) mass is 251 g/mol. The SMILES string of the molecule is C=C1CC(C)CN1S(=O)(=O)c1ccc(C)cc1. The minimum atomic E-state index is -3.40. The van der Waals surface area contributed by atoms with E-state index in [1.165, 1.54) is 4.31 Å². The molecule has 4 heteroatoms. The molecule has 0 saturated carbocycles. The van der Waals surface area contributed by atoms with E-state index in [9.17, 15) is 8.42 Å². The Bertz CT molecular complexity index is 531. The normalized spacial score (nSPS) is 20.9. The summed E-state index contributed by atoms with van der Waals surface area (Å²) in [5.74, 6) is 0.350. The highest BCUT2D eigenvalue weighted by Crippen LogP contribution is 2.30. The van der Waals surface area contributed by atoms with Crippen LogP contribution in [0.5, 0.6) is 0 Å². The second-order valence-corrected chi connectivity index (χ2v) is 6.59. The Labute approximate surface area is 103 Å². The van der Waals surface area contributed by atoms with Crippen molar-refractivity contribution in [3.05, 3.63) is 42.1 Å². The van der Waals surface area contributed by atoms with E-state index in [4.69, 9.17) is 0 Å². The molecule has 1 unspecified atom stereocenters. The first-order chi connectivity index (χ1) is 7.91. The summed E-state index contributed by atoms with van der Waals surface area (Å²) in [4.78, 5) is 0.346. The van der Waals surface area contributed by atoms with Crippen LogP contribution in [0.3, 0.4) is 0 Å². The average molecular weight is 251 g/mol. The molecule has 1 aliphatic heterocycles. The molecule has 1 aromatic rings. The Balaban J connectivity index is 2.37. The molecule has 0 amide bonds. The molecule has 3 nitrogen and oxygen atoms in total. The summed E-state index contributed by atoms with van der Waals surface area (Å²) in [5.41, 5.74) is 1.75. The molecule has 92 valence electrons. The highest BCUT2D eigenvalue weighted by Gasteiger charge is 2.32. The van der Waals surface area contributed by atoms with Crippen molar-refractivity contribution in [2.24, 2.45) is 5.92 Å². The number of allylic oxidation sites excluding steroid dienone is 1. The van der Waals surface area contributed by atoms with Crippen LogP contribution < -0.4 is 0 Å². The zero-order chi connectivity index (χ0) is 12.6. The highest BCUT2D eigenvalue weighted by molar-refractivity contribution is 7.89. The lowest BCUT2D eigenvalue weighted by Crippen LogP contribution is -2.27. The van der Waals surface area contributed by atoms with Crippen LogP contribution in [0, 0.1) is 12.8 Å². The predicted octanol–water partition coefficient (Wildman–Crippen LogP) is 2.54. The minimum absolute atomic E-state index is 0.346. The van der Waals surface area contributed by atoms with E-state index in [-0.39, 0.29) is 0 Å². The van der Waals surface area contributed by atoms with Crippen molar-refractivity contribution >= 4 is 10.0 Å². The van der Waals surface area contributed by atoms with Crippen LogP contribution in [0.2, 0.25) is 0 Å². The third-order valence-electron chi connectivity index (χ3n) is 3.02. The maximum atomic E-state index is 12.4. The summed E-state index contributed by atoms with van der Waals surface area (Å²) in [6, 6.07) is 6.94. The first-order valence-corrected chi connectivity index (χ1v) is 7.12. The van der Waals surface area contributed by atoms with Gasteiger partial charge in [-0.3, -0.25) is 4.31 Å². The standard InChI is InChI=1S/C13H17NO2S/c1-10-4-6-13(7-5-10)17(15,16)14-9-11(2)8-12(14)3/h4-7,11H,3,8-9H2,1-2H3. The van der Waals surface area contributed by atoms with E-state index in [2.05, 4.69) is 6.58 Å². The fourth-order valence-electron chi connectivity index (χ4n) is 2.09. The predicted molar refractivity (Wildman–Crippen MR) is 68.0 cm³/mol. The molecular formula is C13H17NO2S. The summed E-state index contributed by atoms with van der Waals surface area (Å²) in [5, 5.41) is 0. The van der Waals surface area contributed by atoms with Gasteiger partial charge in [-0.25, -0.2) is 8.42 Å². The van der Waals surface area contributed by atoms with Gasteiger partial charge in [-0.15, -0.1) is 0 Å². The van der Waals surface area contributed by atoms with Crippen LogP contribution in [0.4, 0.5) is 0 Å². The molecule has 1 heterocycles. The third kappa shape index (κ3) is 2.22. The quantitative estimate of drug-likeness (QED) is 0.810. The Kier molecular flexibility index (Phi) is 3.00. The Morgan fingerprint density at radius 1 is 1.29 bits per heavy atom. The molecule has 2 rings (SSSR count). The van der Waals surface area contributed by atoms with Gasteiger partial charge in [0.15, 0.2) is 0 Å². The van der Waals surface area contributed by atoms with E-state index in [0.29, 0.717) is 23.1 Å². The van der Waals surface area contributed by atoms with Gasteiger partial charge in [0.05, 0.1) is 4.90 Å². The maximum Gasteiger partial charge on any atom is 0.264 e. The zero-order valence-electron chi connectivity index (χ0n) is 10.2. The minimum Gasteiger partial charge on any atom is -0.270 e. The molecule has 0 radical (unpaired) electrons. The highest BCUT2D eigenvalue weighted by atomic mass is 32.2. The molecule has 1 atom stereocenters. The fraction of sp³-hybridized carbons (Fsp3) is 0.385. The number of benzene rings is 1. The van der Waals surface area contributed by atoms with Gasteiger partial charge < -0.3 is 0 Å². The van der Waals surface area contributed by atoms with Crippen LogP contribution in [-0.4, -0.2) is 19.3 Å². The van der Waals surface area contributed by atoms with Gasteiger partial charge in [-0.05, 0) is 31.4 Å². The zero-order valence-corrected chi connectivity index (χ0v) is 11.0. The molecule has 1 aliphatic rings. The maximum absolute atomic E-state index is 12.4. The molecule has 0 N–H and O–H groups in total. The second-order valence-electron chi connectivity index (χ2n) is 4.72. The number of aryl methyl sites for hydroxylation is 1. The third-order valence-corrected chi connectivity index (χ3v) is 4.88. The smallest absolute Gasteiger partial charge is 0.264 e. The van der Waals surface area contributed by atoms with Crippen LogP contribution >= 0.6 is 0 Å². The molecule has 0 spiro atoms. The number of hydrogen-bond acceptors (Lipinski definition) is 2. The first-order valence-electron chi connectivity index (χ1n) is 5.68. The molecule has 17 heavy (non-hydrogen) atoms. The number of rotatable bonds is 2. The number of sulfonamides is 1. The molecule has 1 fully saturated rings. The Hall–Kier alpha value is -1.29. The van der Waals surface area contributed by atoms with Crippen molar-refractivity contribution in [3.8, 4) is 0 Å². The van der Waals surface area contributed by atoms with Gasteiger partial charge in [-0.2, -0.15) is 0 Å². The molecule has 1 saturated heterocycles. The van der Waals surface area contributed by atoms with Gasteiger partial charge >= 0.3 is 0 Å². The van der Waals surface area contributed by atoms with E-state index in [1.807, 2.05) is 26.0 Å². The van der Waals surface area contributed by atoms with Gasteiger partial charge in [0.2, 0.25) is 0 Å². The molecule has 0 bridgehead atoms. The Morgan fingerprint density at radius 2 is 1.88 bits per heavy atom. The van der Waals surface area contributed by atoms with Crippen LogP contribution in [-0.2, 0) is 10.0 Å². The van der Waals surface area contributed by atoms with Crippen LogP contribution in [0.25, 0.3) is 0 Å². The fourth-order valence-corrected chi connectivity index (χ4v) is 3.69. The molecular weight excluding hydrogens is 234 g/mol. The lowest BCUT2D eigenvalue weighted by atomic mass is 10.1. The van der Waals surface area contributed by atoms with Gasteiger partial charge in [-0.1, -0.05) is 31.2 Å². The van der Waals surface area contributed by atoms with Crippen LogP contribution in [0.1, 0.15) is 18.9 Å². The summed E-state index contributed by atoms with van der Waals surface area (Å²) < 4.78 is 26.2. The number of nitrogens with zero attached hydrogens (tertiary/aromatic N) is 1. The largest absolute Gasteiger partial charge is 0.270 e. The van der Waals surface area contributed by atoms with Crippen molar-refractivity contribution in [2.45, 2.75) is 25.2 Å². The molecule has 1 aromatic carbocycles. The van der Waals surface area contributed by atoms with Crippen molar-refractivity contribution in [1.82, 2.24) is 4.31 Å². The van der Waals surface area contributed by atoms with Crippen LogP contribution in [0.15, 0.2) is 41.4 Å². The van der Waals surface area contributed by atoms with E-state index >= 15 is 0 Å². The lowest BCUT2D eigenvalue weighted by molar-refractivity contribution is 0.489. The van der Waals surface area contributed by atoms with Gasteiger partial charge in [0.25, 0.3) is 10.0 Å².